The Bertz CT molecular complexity index is 650. The molecular weight excluding hydrogens is 332 g/mol. The van der Waals surface area contributed by atoms with Crippen LogP contribution in [0.25, 0.3) is 0 Å². The highest BCUT2D eigenvalue weighted by Gasteiger charge is 2.18. The van der Waals surface area contributed by atoms with Gasteiger partial charge >= 0.3 is 0 Å². The third-order valence-corrected chi connectivity index (χ3v) is 4.28. The van der Waals surface area contributed by atoms with Gasteiger partial charge in [0.05, 0.1) is 6.54 Å². The van der Waals surface area contributed by atoms with Crippen molar-refractivity contribution < 1.29 is 12.8 Å². The maximum atomic E-state index is 11.9. The fourth-order valence-corrected chi connectivity index (χ4v) is 2.69. The van der Waals surface area contributed by atoms with Crippen LogP contribution in [0.3, 0.4) is 0 Å². The highest BCUT2D eigenvalue weighted by atomic mass is 79.9. The minimum atomic E-state index is -3.64. The Morgan fingerprint density at radius 3 is 2.42 bits per heavy atom. The van der Waals surface area contributed by atoms with Crippen molar-refractivity contribution in [2.75, 3.05) is 0 Å². The number of benzene rings is 1. The standard InChI is InChI=1S/C12H13BrN2O3S/c13-10-3-1-9(2-4-10)8-15-19(16,17)12-6-5-11(7-14)18-12/h1-6,15H,7-8,14H2. The molecule has 3 N–H and O–H groups in total. The maximum absolute atomic E-state index is 11.9. The van der Waals surface area contributed by atoms with E-state index in [9.17, 15) is 8.42 Å². The molecule has 0 spiro atoms. The number of furan rings is 1. The van der Waals surface area contributed by atoms with Gasteiger partial charge in [-0.15, -0.1) is 0 Å². The monoisotopic (exact) mass is 344 g/mol. The van der Waals surface area contributed by atoms with E-state index in [1.165, 1.54) is 6.07 Å². The molecule has 7 heteroatoms. The van der Waals surface area contributed by atoms with Crippen molar-refractivity contribution in [1.29, 1.82) is 0 Å². The van der Waals surface area contributed by atoms with Gasteiger partial charge < -0.3 is 10.2 Å². The van der Waals surface area contributed by atoms with Gasteiger partial charge in [0.25, 0.3) is 10.0 Å². The molecule has 1 aromatic carbocycles. The number of rotatable bonds is 5. The van der Waals surface area contributed by atoms with Crippen LogP contribution in [0.15, 0.2) is 50.4 Å². The van der Waals surface area contributed by atoms with Gasteiger partial charge in [-0.2, -0.15) is 0 Å². The minimum absolute atomic E-state index is 0.120. The molecule has 0 bridgehead atoms. The van der Waals surface area contributed by atoms with Gasteiger partial charge in [0.1, 0.15) is 5.76 Å². The SMILES string of the molecule is NCc1ccc(S(=O)(=O)NCc2ccc(Br)cc2)o1. The third-order valence-electron chi connectivity index (χ3n) is 2.48. The molecule has 0 amide bonds. The molecule has 19 heavy (non-hydrogen) atoms. The Balaban J connectivity index is 2.07. The highest BCUT2D eigenvalue weighted by Crippen LogP contribution is 2.15. The Labute approximate surface area is 120 Å². The first kappa shape index (κ1) is 14.3. The van der Waals surface area contributed by atoms with Gasteiger partial charge in [-0.1, -0.05) is 28.1 Å². The normalized spacial score (nSPS) is 11.7. The van der Waals surface area contributed by atoms with E-state index < -0.39 is 10.0 Å². The highest BCUT2D eigenvalue weighted by molar-refractivity contribution is 9.10. The lowest BCUT2D eigenvalue weighted by atomic mass is 10.2. The number of hydrogen-bond donors (Lipinski definition) is 2. The summed E-state index contributed by atoms with van der Waals surface area (Å²) in [6.07, 6.45) is 0. The summed E-state index contributed by atoms with van der Waals surface area (Å²) in [5, 5.41) is -0.120. The fourth-order valence-electron chi connectivity index (χ4n) is 1.46. The molecule has 1 heterocycles. The topological polar surface area (TPSA) is 85.3 Å². The molecule has 2 aromatic rings. The molecule has 0 saturated carbocycles. The first-order valence-corrected chi connectivity index (χ1v) is 7.82. The maximum Gasteiger partial charge on any atom is 0.274 e. The first-order valence-electron chi connectivity index (χ1n) is 5.54. The summed E-state index contributed by atoms with van der Waals surface area (Å²) in [6.45, 7) is 0.372. The van der Waals surface area contributed by atoms with Crippen molar-refractivity contribution in [2.45, 2.75) is 18.2 Å². The van der Waals surface area contributed by atoms with Crippen molar-refractivity contribution in [2.24, 2.45) is 5.73 Å². The van der Waals surface area contributed by atoms with Crippen LogP contribution in [0.2, 0.25) is 0 Å². The molecule has 2 rings (SSSR count). The third kappa shape index (κ3) is 3.66. The van der Waals surface area contributed by atoms with E-state index in [2.05, 4.69) is 20.7 Å². The molecule has 1 aromatic heterocycles. The zero-order valence-electron chi connectivity index (χ0n) is 9.97. The number of hydrogen-bond acceptors (Lipinski definition) is 4. The molecule has 5 nitrogen and oxygen atoms in total. The lowest BCUT2D eigenvalue weighted by Gasteiger charge is -2.04. The summed E-state index contributed by atoms with van der Waals surface area (Å²) < 4.78 is 32.4. The molecule has 0 unspecified atom stereocenters. The lowest BCUT2D eigenvalue weighted by Crippen LogP contribution is -2.22. The summed E-state index contributed by atoms with van der Waals surface area (Å²) in [4.78, 5) is 0. The molecular formula is C12H13BrN2O3S. The van der Waals surface area contributed by atoms with E-state index in [1.54, 1.807) is 6.07 Å². The summed E-state index contributed by atoms with van der Waals surface area (Å²) >= 11 is 3.32. The second-order valence-corrected chi connectivity index (χ2v) is 6.49. The van der Waals surface area contributed by atoms with Crippen LogP contribution in [0, 0.1) is 0 Å². The average Bonchev–Trinajstić information content (AvgIpc) is 2.88. The fraction of sp³-hybridized carbons (Fsp3) is 0.167. The molecule has 102 valence electrons. The van der Waals surface area contributed by atoms with Gasteiger partial charge in [0.2, 0.25) is 5.09 Å². The smallest absolute Gasteiger partial charge is 0.274 e. The van der Waals surface area contributed by atoms with Crippen molar-refractivity contribution in [3.05, 3.63) is 52.2 Å². The zero-order chi connectivity index (χ0) is 13.9. The Morgan fingerprint density at radius 1 is 1.16 bits per heavy atom. The van der Waals surface area contributed by atoms with Gasteiger partial charge in [0, 0.05) is 11.0 Å². The predicted molar refractivity (Wildman–Crippen MR) is 74.8 cm³/mol. The van der Waals surface area contributed by atoms with Gasteiger partial charge in [-0.3, -0.25) is 0 Å². The van der Waals surface area contributed by atoms with E-state index in [4.69, 9.17) is 10.2 Å². The summed E-state index contributed by atoms with van der Waals surface area (Å²) in [6, 6.07) is 10.3. The van der Waals surface area contributed by atoms with Crippen LogP contribution in [-0.2, 0) is 23.1 Å². The van der Waals surface area contributed by atoms with Crippen LogP contribution in [-0.4, -0.2) is 8.42 Å². The summed E-state index contributed by atoms with van der Waals surface area (Å²) in [5.74, 6) is 0.434. The largest absolute Gasteiger partial charge is 0.447 e. The predicted octanol–water partition coefficient (Wildman–Crippen LogP) is 1.98. The minimum Gasteiger partial charge on any atom is -0.447 e. The number of halogens is 1. The number of nitrogens with one attached hydrogen (secondary N) is 1. The molecule has 0 radical (unpaired) electrons. The average molecular weight is 345 g/mol. The van der Waals surface area contributed by atoms with E-state index in [-0.39, 0.29) is 18.2 Å². The lowest BCUT2D eigenvalue weighted by molar-refractivity contribution is 0.413. The second-order valence-electron chi connectivity index (χ2n) is 3.88. The molecule has 0 aliphatic rings. The van der Waals surface area contributed by atoms with Crippen LogP contribution >= 0.6 is 15.9 Å². The Kier molecular flexibility index (Phi) is 4.41. The van der Waals surface area contributed by atoms with Crippen LogP contribution in [0.4, 0.5) is 0 Å². The van der Waals surface area contributed by atoms with Crippen LogP contribution in [0.5, 0.6) is 0 Å². The van der Waals surface area contributed by atoms with Crippen LogP contribution in [0.1, 0.15) is 11.3 Å². The van der Waals surface area contributed by atoms with E-state index in [1.807, 2.05) is 24.3 Å². The molecule has 0 aliphatic heterocycles. The van der Waals surface area contributed by atoms with E-state index >= 15 is 0 Å². The van der Waals surface area contributed by atoms with Crippen molar-refractivity contribution >= 4 is 26.0 Å². The van der Waals surface area contributed by atoms with E-state index in [0.29, 0.717) is 5.76 Å². The van der Waals surface area contributed by atoms with Gasteiger partial charge in [-0.05, 0) is 29.8 Å². The quantitative estimate of drug-likeness (QED) is 0.868. The van der Waals surface area contributed by atoms with Crippen molar-refractivity contribution in [3.63, 3.8) is 0 Å². The zero-order valence-corrected chi connectivity index (χ0v) is 12.4. The molecule has 0 aliphatic carbocycles. The van der Waals surface area contributed by atoms with Gasteiger partial charge in [0.15, 0.2) is 0 Å². The van der Waals surface area contributed by atoms with Crippen LogP contribution < -0.4 is 10.5 Å². The van der Waals surface area contributed by atoms with E-state index in [0.717, 1.165) is 10.0 Å². The molecule has 0 atom stereocenters. The second kappa shape index (κ2) is 5.87. The Morgan fingerprint density at radius 2 is 1.84 bits per heavy atom. The molecule has 0 saturated heterocycles. The summed E-state index contributed by atoms with van der Waals surface area (Å²) in [7, 11) is -3.64. The first-order chi connectivity index (χ1) is 9.01. The number of nitrogens with two attached hydrogens (primary N) is 1. The summed E-state index contributed by atoms with van der Waals surface area (Å²) in [5.41, 5.74) is 6.23. The van der Waals surface area contributed by atoms with Crippen molar-refractivity contribution in [3.8, 4) is 0 Å². The van der Waals surface area contributed by atoms with Crippen molar-refractivity contribution in [1.82, 2.24) is 4.72 Å². The van der Waals surface area contributed by atoms with Gasteiger partial charge in [-0.25, -0.2) is 13.1 Å². The number of sulfonamides is 1. The Hall–Kier alpha value is -1.15. The molecule has 0 fully saturated rings.